The van der Waals surface area contributed by atoms with Gasteiger partial charge in [-0.3, -0.25) is 9.36 Å². The number of carbonyl (C=O) groups is 1. The first-order chi connectivity index (χ1) is 9.06. The molecule has 1 aliphatic rings. The van der Waals surface area contributed by atoms with Crippen molar-refractivity contribution in [2.45, 2.75) is 12.8 Å². The first-order valence-electron chi connectivity index (χ1n) is 6.12. The van der Waals surface area contributed by atoms with E-state index in [1.165, 1.54) is 4.57 Å². The van der Waals surface area contributed by atoms with Gasteiger partial charge in [0.2, 0.25) is 0 Å². The van der Waals surface area contributed by atoms with Crippen molar-refractivity contribution in [1.82, 2.24) is 24.6 Å². The van der Waals surface area contributed by atoms with E-state index in [1.807, 2.05) is 13.0 Å². The number of aryl methyl sites for hydroxylation is 1. The number of hydrogen-bond acceptors (Lipinski definition) is 3. The van der Waals surface area contributed by atoms with Crippen LogP contribution in [0.4, 0.5) is 0 Å². The van der Waals surface area contributed by atoms with Crippen LogP contribution < -0.4 is 5.69 Å². The van der Waals surface area contributed by atoms with E-state index in [4.69, 9.17) is 0 Å². The highest BCUT2D eigenvalue weighted by Gasteiger charge is 2.35. The monoisotopic (exact) mass is 261 g/mol. The third kappa shape index (κ3) is 1.87. The maximum atomic E-state index is 12.1. The Hall–Kier alpha value is -2.31. The lowest BCUT2D eigenvalue weighted by Crippen LogP contribution is -2.49. The van der Waals surface area contributed by atoms with Gasteiger partial charge in [-0.2, -0.15) is 5.10 Å². The van der Waals surface area contributed by atoms with E-state index in [0.717, 1.165) is 5.69 Å². The van der Waals surface area contributed by atoms with Gasteiger partial charge < -0.3 is 9.88 Å². The topological polar surface area (TPSA) is 86.8 Å². The molecule has 19 heavy (non-hydrogen) atoms. The molecule has 100 valence electrons. The van der Waals surface area contributed by atoms with Gasteiger partial charge in [-0.05, 0) is 19.1 Å². The normalized spacial score (nSPS) is 15.6. The highest BCUT2D eigenvalue weighted by Crippen LogP contribution is 2.25. The summed E-state index contributed by atoms with van der Waals surface area (Å²) in [6.07, 6.45) is 0. The molecule has 3 heterocycles. The average molecular weight is 261 g/mol. The first kappa shape index (κ1) is 11.8. The fourth-order valence-electron chi connectivity index (χ4n) is 2.33. The molecule has 1 saturated heterocycles. The molecular formula is C12H15N5O2. The zero-order chi connectivity index (χ0) is 13.6. The molecule has 2 N–H and O–H groups in total. The van der Waals surface area contributed by atoms with Gasteiger partial charge in [0, 0.05) is 25.8 Å². The fourth-order valence-corrected chi connectivity index (χ4v) is 2.33. The summed E-state index contributed by atoms with van der Waals surface area (Å²) in [5.41, 5.74) is 1.35. The van der Waals surface area contributed by atoms with Crippen LogP contribution in [-0.4, -0.2) is 43.6 Å². The van der Waals surface area contributed by atoms with Gasteiger partial charge in [0.25, 0.3) is 5.91 Å². The fraction of sp³-hybridized carbons (Fsp3) is 0.417. The molecule has 1 fully saturated rings. The molecular weight excluding hydrogens is 246 g/mol. The van der Waals surface area contributed by atoms with E-state index in [1.54, 1.807) is 18.0 Å². The van der Waals surface area contributed by atoms with E-state index in [0.29, 0.717) is 24.6 Å². The quantitative estimate of drug-likeness (QED) is 0.796. The van der Waals surface area contributed by atoms with Crippen molar-refractivity contribution in [3.8, 4) is 0 Å². The zero-order valence-electron chi connectivity index (χ0n) is 10.8. The minimum atomic E-state index is -0.222. The number of aromatic amines is 2. The van der Waals surface area contributed by atoms with Crippen LogP contribution >= 0.6 is 0 Å². The summed E-state index contributed by atoms with van der Waals surface area (Å²) in [5, 5.41) is 6.40. The van der Waals surface area contributed by atoms with Crippen LogP contribution in [0.2, 0.25) is 0 Å². The molecule has 0 unspecified atom stereocenters. The lowest BCUT2D eigenvalue weighted by atomic mass is 9.99. The second kappa shape index (κ2) is 4.11. The molecule has 0 aliphatic carbocycles. The molecule has 0 atom stereocenters. The largest absolute Gasteiger partial charge is 0.355 e. The molecule has 2 aromatic rings. The first-order valence-corrected chi connectivity index (χ1v) is 6.12. The second-order valence-electron chi connectivity index (χ2n) is 4.91. The molecule has 0 bridgehead atoms. The lowest BCUT2D eigenvalue weighted by molar-refractivity contribution is 0.0586. The maximum Gasteiger partial charge on any atom is 0.343 e. The Kier molecular flexibility index (Phi) is 2.55. The molecule has 0 aromatic carbocycles. The van der Waals surface area contributed by atoms with E-state index >= 15 is 0 Å². The van der Waals surface area contributed by atoms with Crippen molar-refractivity contribution in [2.24, 2.45) is 7.05 Å². The van der Waals surface area contributed by atoms with Gasteiger partial charge in [-0.1, -0.05) is 0 Å². The number of H-pyrrole nitrogens is 2. The summed E-state index contributed by atoms with van der Waals surface area (Å²) in [6, 6.07) is 3.66. The molecule has 1 amide bonds. The zero-order valence-corrected chi connectivity index (χ0v) is 10.8. The number of carbonyl (C=O) groups excluding carboxylic acids is 1. The van der Waals surface area contributed by atoms with Crippen LogP contribution in [0.5, 0.6) is 0 Å². The molecule has 0 saturated carbocycles. The van der Waals surface area contributed by atoms with Crippen molar-refractivity contribution in [1.29, 1.82) is 0 Å². The van der Waals surface area contributed by atoms with Gasteiger partial charge in [0.1, 0.15) is 11.5 Å². The van der Waals surface area contributed by atoms with E-state index < -0.39 is 0 Å². The van der Waals surface area contributed by atoms with Crippen LogP contribution in [0.1, 0.15) is 27.9 Å². The second-order valence-corrected chi connectivity index (χ2v) is 4.91. The predicted octanol–water partition coefficient (Wildman–Crippen LogP) is -0.0155. The summed E-state index contributed by atoms with van der Waals surface area (Å²) < 4.78 is 1.49. The highest BCUT2D eigenvalue weighted by atomic mass is 16.2. The SMILES string of the molecule is Cc1ccc(C(=O)N2CC(c3n[nH]c(=O)n3C)C2)[nH]1. The van der Waals surface area contributed by atoms with Gasteiger partial charge in [-0.15, -0.1) is 0 Å². The Morgan fingerprint density at radius 1 is 1.42 bits per heavy atom. The molecule has 2 aromatic heterocycles. The summed E-state index contributed by atoms with van der Waals surface area (Å²) in [6.45, 7) is 3.10. The average Bonchev–Trinajstić information content (AvgIpc) is 2.88. The number of aromatic nitrogens is 4. The van der Waals surface area contributed by atoms with Gasteiger partial charge >= 0.3 is 5.69 Å². The predicted molar refractivity (Wildman–Crippen MR) is 68.0 cm³/mol. The number of hydrogen-bond donors (Lipinski definition) is 2. The Balaban J connectivity index is 1.68. The Morgan fingerprint density at radius 2 is 2.16 bits per heavy atom. The Labute approximate surface area is 109 Å². The standard InChI is InChI=1S/C12H15N5O2/c1-7-3-4-9(13-7)11(18)17-5-8(6-17)10-14-15-12(19)16(10)2/h3-4,8,13H,5-6H2,1-2H3,(H,15,19). The van der Waals surface area contributed by atoms with Gasteiger partial charge in [-0.25, -0.2) is 9.89 Å². The van der Waals surface area contributed by atoms with Crippen LogP contribution in [0, 0.1) is 6.92 Å². The maximum absolute atomic E-state index is 12.1. The summed E-state index contributed by atoms with van der Waals surface area (Å²) in [7, 11) is 1.68. The third-order valence-electron chi connectivity index (χ3n) is 3.51. The highest BCUT2D eigenvalue weighted by molar-refractivity contribution is 5.93. The van der Waals surface area contributed by atoms with Crippen molar-refractivity contribution < 1.29 is 4.79 Å². The van der Waals surface area contributed by atoms with Crippen molar-refractivity contribution in [3.05, 3.63) is 39.8 Å². The minimum absolute atomic E-state index is 0.00937. The van der Waals surface area contributed by atoms with Crippen LogP contribution in [0.25, 0.3) is 0 Å². The van der Waals surface area contributed by atoms with Crippen molar-refractivity contribution in [3.63, 3.8) is 0 Å². The molecule has 0 spiro atoms. The van der Waals surface area contributed by atoms with E-state index in [2.05, 4.69) is 15.2 Å². The third-order valence-corrected chi connectivity index (χ3v) is 3.51. The minimum Gasteiger partial charge on any atom is -0.355 e. The van der Waals surface area contributed by atoms with Crippen molar-refractivity contribution in [2.75, 3.05) is 13.1 Å². The number of nitrogens with one attached hydrogen (secondary N) is 2. The summed E-state index contributed by atoms with van der Waals surface area (Å²) in [4.78, 5) is 28.2. The van der Waals surface area contributed by atoms with Crippen LogP contribution in [0.15, 0.2) is 16.9 Å². The molecule has 7 heteroatoms. The number of nitrogens with zero attached hydrogens (tertiary/aromatic N) is 3. The van der Waals surface area contributed by atoms with E-state index in [9.17, 15) is 9.59 Å². The van der Waals surface area contributed by atoms with Crippen molar-refractivity contribution >= 4 is 5.91 Å². The lowest BCUT2D eigenvalue weighted by Gasteiger charge is -2.38. The summed E-state index contributed by atoms with van der Waals surface area (Å²) >= 11 is 0. The number of rotatable bonds is 2. The Bertz CT molecular complexity index is 674. The Morgan fingerprint density at radius 3 is 2.68 bits per heavy atom. The van der Waals surface area contributed by atoms with Crippen LogP contribution in [0.3, 0.4) is 0 Å². The van der Waals surface area contributed by atoms with Gasteiger partial charge in [0.05, 0.1) is 5.92 Å². The van der Waals surface area contributed by atoms with E-state index in [-0.39, 0.29) is 17.5 Å². The molecule has 1 aliphatic heterocycles. The van der Waals surface area contributed by atoms with Crippen LogP contribution in [-0.2, 0) is 7.05 Å². The number of likely N-dealkylation sites (tertiary alicyclic amines) is 1. The molecule has 0 radical (unpaired) electrons. The smallest absolute Gasteiger partial charge is 0.343 e. The molecule has 3 rings (SSSR count). The summed E-state index contributed by atoms with van der Waals surface area (Å²) in [5.74, 6) is 0.825. The number of amides is 1. The van der Waals surface area contributed by atoms with Gasteiger partial charge in [0.15, 0.2) is 0 Å². The molecule has 7 nitrogen and oxygen atoms in total.